The predicted molar refractivity (Wildman–Crippen MR) is 96.5 cm³/mol. The molecule has 1 aromatic carbocycles. The van der Waals surface area contributed by atoms with E-state index in [0.29, 0.717) is 22.3 Å². The van der Waals surface area contributed by atoms with Crippen LogP contribution in [0.4, 0.5) is 0 Å². The molecule has 0 saturated carbocycles. The second-order valence-corrected chi connectivity index (χ2v) is 7.08. The zero-order chi connectivity index (χ0) is 16.8. The number of aromatic nitrogens is 2. The lowest BCUT2D eigenvalue weighted by atomic mass is 10.4. The van der Waals surface area contributed by atoms with E-state index < -0.39 is 0 Å². The molecule has 0 aliphatic rings. The highest BCUT2D eigenvalue weighted by Gasteiger charge is 2.07. The van der Waals surface area contributed by atoms with Crippen molar-refractivity contribution >= 4 is 40.9 Å². The van der Waals surface area contributed by atoms with E-state index in [2.05, 4.69) is 10.4 Å². The van der Waals surface area contributed by atoms with Crippen LogP contribution in [0.25, 0.3) is 0 Å². The monoisotopic (exact) mass is 371 g/mol. The summed E-state index contributed by atoms with van der Waals surface area (Å²) in [7, 11) is 0. The van der Waals surface area contributed by atoms with Crippen LogP contribution in [0.15, 0.2) is 29.2 Å². The van der Waals surface area contributed by atoms with Gasteiger partial charge in [0, 0.05) is 28.7 Å². The van der Waals surface area contributed by atoms with Gasteiger partial charge in [-0.05, 0) is 44.5 Å². The van der Waals surface area contributed by atoms with E-state index in [0.717, 1.165) is 29.2 Å². The lowest BCUT2D eigenvalue weighted by molar-refractivity contribution is -0.118. The standard InChI is InChI=1S/C16H19Cl2N3OS/c1-11-8-12(2)21(20-11)7-3-6-19-16(22)10-23-15-9-13(17)4-5-14(15)18/h4-5,8-9H,3,6-7,10H2,1-2H3,(H,19,22). The third-order valence-corrected chi connectivity index (χ3v) is 4.96. The first-order valence-electron chi connectivity index (χ1n) is 7.31. The van der Waals surface area contributed by atoms with E-state index in [1.54, 1.807) is 18.2 Å². The van der Waals surface area contributed by atoms with Gasteiger partial charge >= 0.3 is 0 Å². The van der Waals surface area contributed by atoms with Gasteiger partial charge in [0.2, 0.25) is 5.91 Å². The molecule has 0 radical (unpaired) electrons. The largest absolute Gasteiger partial charge is 0.355 e. The Kier molecular flexibility index (Phi) is 6.81. The summed E-state index contributed by atoms with van der Waals surface area (Å²) in [6.45, 7) is 5.43. The SMILES string of the molecule is Cc1cc(C)n(CCCNC(=O)CSc2cc(Cl)ccc2Cl)n1. The summed E-state index contributed by atoms with van der Waals surface area (Å²) in [4.78, 5) is 12.7. The average molecular weight is 372 g/mol. The first kappa shape index (κ1) is 18.2. The number of hydrogen-bond acceptors (Lipinski definition) is 3. The number of nitrogens with one attached hydrogen (secondary N) is 1. The highest BCUT2D eigenvalue weighted by Crippen LogP contribution is 2.29. The van der Waals surface area contributed by atoms with Gasteiger partial charge < -0.3 is 5.32 Å². The minimum absolute atomic E-state index is 0.0144. The number of halogens is 2. The van der Waals surface area contributed by atoms with E-state index >= 15 is 0 Å². The summed E-state index contributed by atoms with van der Waals surface area (Å²) < 4.78 is 1.96. The molecule has 7 heteroatoms. The minimum atomic E-state index is -0.0144. The Morgan fingerprint density at radius 1 is 1.30 bits per heavy atom. The van der Waals surface area contributed by atoms with Crippen LogP contribution in [0, 0.1) is 13.8 Å². The molecule has 0 aliphatic heterocycles. The van der Waals surface area contributed by atoms with Crippen molar-refractivity contribution in [1.29, 1.82) is 0 Å². The molecule has 1 N–H and O–H groups in total. The molecule has 0 atom stereocenters. The topological polar surface area (TPSA) is 46.9 Å². The zero-order valence-electron chi connectivity index (χ0n) is 13.1. The number of nitrogens with zero attached hydrogens (tertiary/aromatic N) is 2. The summed E-state index contributed by atoms with van der Waals surface area (Å²) in [6, 6.07) is 7.28. The van der Waals surface area contributed by atoms with Crippen LogP contribution in [-0.2, 0) is 11.3 Å². The molecular weight excluding hydrogens is 353 g/mol. The molecule has 0 saturated heterocycles. The average Bonchev–Trinajstić information content (AvgIpc) is 2.82. The Morgan fingerprint density at radius 3 is 2.78 bits per heavy atom. The van der Waals surface area contributed by atoms with Crippen molar-refractivity contribution < 1.29 is 4.79 Å². The Labute approximate surface area is 150 Å². The van der Waals surface area contributed by atoms with Crippen LogP contribution in [0.5, 0.6) is 0 Å². The third kappa shape index (κ3) is 5.75. The maximum atomic E-state index is 11.9. The third-order valence-electron chi connectivity index (χ3n) is 3.22. The van der Waals surface area contributed by atoms with Crippen molar-refractivity contribution in [2.24, 2.45) is 0 Å². The highest BCUT2D eigenvalue weighted by molar-refractivity contribution is 8.00. The molecule has 1 aromatic heterocycles. The van der Waals surface area contributed by atoms with Gasteiger partial charge in [0.1, 0.15) is 0 Å². The molecule has 0 aliphatic carbocycles. The number of thioether (sulfide) groups is 1. The first-order chi connectivity index (χ1) is 11.0. The van der Waals surface area contributed by atoms with Gasteiger partial charge in [-0.3, -0.25) is 9.48 Å². The minimum Gasteiger partial charge on any atom is -0.355 e. The quantitative estimate of drug-likeness (QED) is 0.588. The molecule has 2 aromatic rings. The first-order valence-corrected chi connectivity index (χ1v) is 9.05. The van der Waals surface area contributed by atoms with Crippen molar-refractivity contribution in [3.8, 4) is 0 Å². The number of benzene rings is 1. The molecule has 2 rings (SSSR count). The van der Waals surface area contributed by atoms with Gasteiger partial charge in [-0.25, -0.2) is 0 Å². The second kappa shape index (κ2) is 8.62. The fraction of sp³-hybridized carbons (Fsp3) is 0.375. The molecule has 0 fully saturated rings. The number of amides is 1. The smallest absolute Gasteiger partial charge is 0.230 e. The normalized spacial score (nSPS) is 10.8. The van der Waals surface area contributed by atoms with Gasteiger partial charge in [-0.1, -0.05) is 23.2 Å². The van der Waals surface area contributed by atoms with Crippen molar-refractivity contribution in [3.63, 3.8) is 0 Å². The van der Waals surface area contributed by atoms with Crippen molar-refractivity contribution in [1.82, 2.24) is 15.1 Å². The van der Waals surface area contributed by atoms with E-state index in [1.807, 2.05) is 24.6 Å². The summed E-state index contributed by atoms with van der Waals surface area (Å²) in [5, 5.41) is 8.52. The number of carbonyl (C=O) groups is 1. The van der Waals surface area contributed by atoms with Gasteiger partial charge in [0.15, 0.2) is 0 Å². The van der Waals surface area contributed by atoms with Crippen LogP contribution in [0.2, 0.25) is 10.0 Å². The van der Waals surface area contributed by atoms with Crippen molar-refractivity contribution in [3.05, 3.63) is 45.7 Å². The Balaban J connectivity index is 1.69. The predicted octanol–water partition coefficient (Wildman–Crippen LogP) is 4.11. The number of hydrogen-bond donors (Lipinski definition) is 1. The Bertz CT molecular complexity index is 688. The van der Waals surface area contributed by atoms with E-state index in [-0.39, 0.29) is 5.91 Å². The van der Waals surface area contributed by atoms with Crippen LogP contribution < -0.4 is 5.32 Å². The summed E-state index contributed by atoms with van der Waals surface area (Å²) in [5.41, 5.74) is 2.15. The number of rotatable bonds is 7. The maximum Gasteiger partial charge on any atom is 0.230 e. The Hall–Kier alpha value is -1.17. The fourth-order valence-corrected chi connectivity index (χ4v) is 3.46. The van der Waals surface area contributed by atoms with Crippen LogP contribution in [0.3, 0.4) is 0 Å². The van der Waals surface area contributed by atoms with Gasteiger partial charge in [0.05, 0.1) is 16.5 Å². The lowest BCUT2D eigenvalue weighted by Crippen LogP contribution is -2.27. The second-order valence-electron chi connectivity index (χ2n) is 5.22. The summed E-state index contributed by atoms with van der Waals surface area (Å²) >= 11 is 13.4. The molecular formula is C16H19Cl2N3OS. The number of aryl methyl sites for hydroxylation is 3. The van der Waals surface area contributed by atoms with Crippen molar-refractivity contribution in [2.45, 2.75) is 31.7 Å². The van der Waals surface area contributed by atoms with E-state index in [9.17, 15) is 4.79 Å². The van der Waals surface area contributed by atoms with Crippen molar-refractivity contribution in [2.75, 3.05) is 12.3 Å². The molecule has 124 valence electrons. The molecule has 0 bridgehead atoms. The number of carbonyl (C=O) groups excluding carboxylic acids is 1. The van der Waals surface area contributed by atoms with E-state index in [4.69, 9.17) is 23.2 Å². The zero-order valence-corrected chi connectivity index (χ0v) is 15.4. The van der Waals surface area contributed by atoms with Crippen LogP contribution in [-0.4, -0.2) is 28.0 Å². The van der Waals surface area contributed by atoms with Crippen LogP contribution in [0.1, 0.15) is 17.8 Å². The summed E-state index contributed by atoms with van der Waals surface area (Å²) in [5.74, 6) is 0.305. The molecule has 4 nitrogen and oxygen atoms in total. The molecule has 0 unspecified atom stereocenters. The Morgan fingerprint density at radius 2 is 2.09 bits per heavy atom. The van der Waals surface area contributed by atoms with Crippen LogP contribution >= 0.6 is 35.0 Å². The molecule has 1 heterocycles. The highest BCUT2D eigenvalue weighted by atomic mass is 35.5. The lowest BCUT2D eigenvalue weighted by Gasteiger charge is -2.07. The molecule has 1 amide bonds. The molecule has 23 heavy (non-hydrogen) atoms. The summed E-state index contributed by atoms with van der Waals surface area (Å²) in [6.07, 6.45) is 0.844. The van der Waals surface area contributed by atoms with E-state index in [1.165, 1.54) is 11.8 Å². The van der Waals surface area contributed by atoms with Gasteiger partial charge in [-0.15, -0.1) is 11.8 Å². The maximum absolute atomic E-state index is 11.9. The van der Waals surface area contributed by atoms with Gasteiger partial charge in [-0.2, -0.15) is 5.10 Å². The fourth-order valence-electron chi connectivity index (χ4n) is 2.14. The van der Waals surface area contributed by atoms with Gasteiger partial charge in [0.25, 0.3) is 0 Å². The molecule has 0 spiro atoms.